The van der Waals surface area contributed by atoms with Gasteiger partial charge < -0.3 is 15.4 Å². The van der Waals surface area contributed by atoms with Crippen molar-refractivity contribution in [1.29, 1.82) is 0 Å². The lowest BCUT2D eigenvalue weighted by molar-refractivity contribution is 0.0966. The monoisotopic (exact) mass is 294 g/mol. The van der Waals surface area contributed by atoms with E-state index in [4.69, 9.17) is 4.74 Å². The third-order valence-electron chi connectivity index (χ3n) is 3.31. The van der Waals surface area contributed by atoms with E-state index in [0.717, 1.165) is 0 Å². The summed E-state index contributed by atoms with van der Waals surface area (Å²) in [5.74, 6) is -2.82. The Morgan fingerprint density at radius 1 is 1.14 bits per heavy atom. The molecule has 2 aromatic rings. The first-order valence-electron chi connectivity index (χ1n) is 5.89. The van der Waals surface area contributed by atoms with Crippen LogP contribution in [0.2, 0.25) is 0 Å². The summed E-state index contributed by atoms with van der Waals surface area (Å²) in [4.78, 5) is 34.4. The SMILES string of the molecule is COc1c(Nc2c(F)cc(F)c3c2C(=O)NC3)c(=O)c1=O. The number of rotatable bonds is 3. The average Bonchev–Trinajstić information content (AvgIpc) is 2.84. The van der Waals surface area contributed by atoms with Crippen molar-refractivity contribution in [2.45, 2.75) is 6.54 Å². The van der Waals surface area contributed by atoms with Crippen molar-refractivity contribution in [2.75, 3.05) is 12.4 Å². The van der Waals surface area contributed by atoms with Crippen LogP contribution in [-0.2, 0) is 6.54 Å². The molecule has 3 rings (SSSR count). The second-order valence-corrected chi connectivity index (χ2v) is 4.44. The Hall–Kier alpha value is -2.77. The van der Waals surface area contributed by atoms with Crippen LogP contribution in [0.3, 0.4) is 0 Å². The van der Waals surface area contributed by atoms with Gasteiger partial charge in [0, 0.05) is 18.2 Å². The molecule has 1 amide bonds. The molecule has 0 atom stereocenters. The van der Waals surface area contributed by atoms with Gasteiger partial charge in [0.15, 0.2) is 5.75 Å². The number of carbonyl (C=O) groups is 1. The molecule has 2 aromatic carbocycles. The minimum atomic E-state index is -1.04. The third kappa shape index (κ3) is 1.72. The molecule has 8 heteroatoms. The van der Waals surface area contributed by atoms with Gasteiger partial charge in [-0.05, 0) is 0 Å². The number of anilines is 2. The standard InChI is InChI=1S/C13H8F2N2O4/c1-21-12-9(10(18)11(12)19)17-8-6(15)2-5(14)4-3-16-13(20)7(4)8/h2,17H,3H2,1H3,(H,16,20). The van der Waals surface area contributed by atoms with Crippen molar-refractivity contribution >= 4 is 17.3 Å². The average molecular weight is 294 g/mol. The molecule has 2 N–H and O–H groups in total. The fraction of sp³-hybridized carbons (Fsp3) is 0.154. The minimum absolute atomic E-state index is 0.00145. The lowest BCUT2D eigenvalue weighted by atomic mass is 10.1. The van der Waals surface area contributed by atoms with Gasteiger partial charge in [0.2, 0.25) is 0 Å². The molecule has 6 nitrogen and oxygen atoms in total. The van der Waals surface area contributed by atoms with Gasteiger partial charge in [-0.25, -0.2) is 8.78 Å². The number of nitrogens with one attached hydrogen (secondary N) is 2. The Labute approximate surface area is 116 Å². The number of carbonyl (C=O) groups excluding carboxylic acids is 1. The third-order valence-corrected chi connectivity index (χ3v) is 3.31. The first kappa shape index (κ1) is 13.2. The fourth-order valence-electron chi connectivity index (χ4n) is 2.27. The number of halogens is 2. The Bertz CT molecular complexity index is 853. The molecular weight excluding hydrogens is 286 g/mol. The number of ether oxygens (including phenoxy) is 1. The fourth-order valence-corrected chi connectivity index (χ4v) is 2.27. The zero-order chi connectivity index (χ0) is 15.3. The summed E-state index contributed by atoms with van der Waals surface area (Å²) < 4.78 is 32.2. The number of amides is 1. The maximum Gasteiger partial charge on any atom is 0.272 e. The van der Waals surface area contributed by atoms with Gasteiger partial charge in [0.25, 0.3) is 16.8 Å². The molecule has 1 aliphatic heterocycles. The van der Waals surface area contributed by atoms with E-state index in [1.54, 1.807) is 0 Å². The van der Waals surface area contributed by atoms with E-state index in [1.807, 2.05) is 0 Å². The molecule has 0 aromatic heterocycles. The zero-order valence-corrected chi connectivity index (χ0v) is 10.7. The first-order valence-corrected chi connectivity index (χ1v) is 5.89. The normalized spacial score (nSPS) is 13.2. The Morgan fingerprint density at radius 2 is 1.86 bits per heavy atom. The Kier molecular flexibility index (Phi) is 2.75. The van der Waals surface area contributed by atoms with Gasteiger partial charge in [-0.2, -0.15) is 0 Å². The summed E-state index contributed by atoms with van der Waals surface area (Å²) in [6.07, 6.45) is 0. The Morgan fingerprint density at radius 3 is 2.52 bits per heavy atom. The molecule has 0 saturated heterocycles. The van der Waals surface area contributed by atoms with E-state index in [9.17, 15) is 23.2 Å². The molecule has 1 heterocycles. The van der Waals surface area contributed by atoms with E-state index in [0.29, 0.717) is 6.07 Å². The molecule has 0 saturated carbocycles. The summed E-state index contributed by atoms with van der Waals surface area (Å²) in [5, 5.41) is 4.73. The smallest absolute Gasteiger partial charge is 0.272 e. The topological polar surface area (TPSA) is 84.5 Å². The van der Waals surface area contributed by atoms with Crippen molar-refractivity contribution < 1.29 is 18.3 Å². The summed E-state index contributed by atoms with van der Waals surface area (Å²) in [5.41, 5.74) is -2.56. The van der Waals surface area contributed by atoms with Crippen LogP contribution >= 0.6 is 0 Å². The van der Waals surface area contributed by atoms with Gasteiger partial charge in [-0.15, -0.1) is 0 Å². The summed E-state index contributed by atoms with van der Waals surface area (Å²) >= 11 is 0. The summed E-state index contributed by atoms with van der Waals surface area (Å²) in [6, 6.07) is 0.611. The number of hydrogen-bond donors (Lipinski definition) is 2. The van der Waals surface area contributed by atoms with E-state index in [2.05, 4.69) is 10.6 Å². The molecule has 0 aliphatic carbocycles. The Balaban J connectivity index is 2.15. The first-order chi connectivity index (χ1) is 9.95. The number of benzene rings is 1. The lowest BCUT2D eigenvalue weighted by Gasteiger charge is -2.14. The molecule has 0 fully saturated rings. The van der Waals surface area contributed by atoms with Crippen molar-refractivity contribution in [3.8, 4) is 5.75 Å². The predicted molar refractivity (Wildman–Crippen MR) is 68.7 cm³/mol. The van der Waals surface area contributed by atoms with Crippen LogP contribution in [0.5, 0.6) is 5.75 Å². The van der Waals surface area contributed by atoms with Gasteiger partial charge in [0.1, 0.15) is 17.3 Å². The molecule has 0 radical (unpaired) electrons. The van der Waals surface area contributed by atoms with E-state index in [-0.39, 0.29) is 34.8 Å². The second kappa shape index (κ2) is 4.37. The van der Waals surface area contributed by atoms with Gasteiger partial charge in [0.05, 0.1) is 18.4 Å². The maximum absolute atomic E-state index is 13.9. The molecule has 0 spiro atoms. The quantitative estimate of drug-likeness (QED) is 0.808. The highest BCUT2D eigenvalue weighted by atomic mass is 19.1. The van der Waals surface area contributed by atoms with Crippen molar-refractivity contribution in [1.82, 2.24) is 5.32 Å². The van der Waals surface area contributed by atoms with Crippen LogP contribution in [0.25, 0.3) is 0 Å². The van der Waals surface area contributed by atoms with Crippen LogP contribution in [0.15, 0.2) is 15.7 Å². The largest absolute Gasteiger partial charge is 0.491 e. The number of methoxy groups -OCH3 is 1. The minimum Gasteiger partial charge on any atom is -0.491 e. The van der Waals surface area contributed by atoms with Crippen molar-refractivity contribution in [3.63, 3.8) is 0 Å². The van der Waals surface area contributed by atoms with Crippen molar-refractivity contribution in [2.24, 2.45) is 0 Å². The maximum atomic E-state index is 13.9. The highest BCUT2D eigenvalue weighted by Gasteiger charge is 2.31. The highest BCUT2D eigenvalue weighted by Crippen LogP contribution is 2.33. The lowest BCUT2D eigenvalue weighted by Crippen LogP contribution is -2.34. The molecule has 1 aliphatic rings. The van der Waals surface area contributed by atoms with E-state index < -0.39 is 28.4 Å². The molecular formula is C13H8F2N2O4. The number of hydrogen-bond acceptors (Lipinski definition) is 5. The molecule has 0 bridgehead atoms. The molecule has 0 unspecified atom stereocenters. The van der Waals surface area contributed by atoms with Crippen LogP contribution < -0.4 is 26.2 Å². The summed E-state index contributed by atoms with van der Waals surface area (Å²) in [7, 11) is 1.18. The van der Waals surface area contributed by atoms with Crippen molar-refractivity contribution in [3.05, 3.63) is 49.3 Å². The predicted octanol–water partition coefficient (Wildman–Crippen LogP) is 0.556. The van der Waals surface area contributed by atoms with Crippen LogP contribution in [0.1, 0.15) is 15.9 Å². The second-order valence-electron chi connectivity index (χ2n) is 4.44. The van der Waals surface area contributed by atoms with Gasteiger partial charge in [-0.1, -0.05) is 0 Å². The van der Waals surface area contributed by atoms with Gasteiger partial charge >= 0.3 is 0 Å². The van der Waals surface area contributed by atoms with Crippen LogP contribution in [0, 0.1) is 11.6 Å². The number of fused-ring (bicyclic) bond motifs is 1. The highest BCUT2D eigenvalue weighted by molar-refractivity contribution is 6.04. The molecule has 21 heavy (non-hydrogen) atoms. The summed E-state index contributed by atoms with van der Waals surface area (Å²) in [6.45, 7) is -0.0714. The van der Waals surface area contributed by atoms with E-state index in [1.165, 1.54) is 7.11 Å². The van der Waals surface area contributed by atoms with Crippen LogP contribution in [0.4, 0.5) is 20.2 Å². The van der Waals surface area contributed by atoms with Crippen LogP contribution in [-0.4, -0.2) is 13.0 Å². The molecule has 108 valence electrons. The van der Waals surface area contributed by atoms with Gasteiger partial charge in [-0.3, -0.25) is 14.4 Å². The zero-order valence-electron chi connectivity index (χ0n) is 10.7. The van der Waals surface area contributed by atoms with E-state index >= 15 is 0 Å².